The average Bonchev–Trinajstić information content (AvgIpc) is 3.51. The van der Waals surface area contributed by atoms with Crippen LogP contribution >= 0.6 is 11.8 Å². The molecule has 1 aromatic heterocycles. The molecule has 0 aliphatic carbocycles. The third kappa shape index (κ3) is 6.03. The molecule has 33 heavy (non-hydrogen) atoms. The molecule has 1 aliphatic rings. The molecule has 2 heterocycles. The van der Waals surface area contributed by atoms with E-state index in [0.29, 0.717) is 35.5 Å². The number of oxime groups is 1. The molecule has 1 atom stereocenters. The van der Waals surface area contributed by atoms with Crippen molar-refractivity contribution in [2.75, 3.05) is 12.9 Å². The molecule has 1 aliphatic heterocycles. The van der Waals surface area contributed by atoms with Gasteiger partial charge < -0.3 is 19.4 Å². The third-order valence-corrected chi connectivity index (χ3v) is 5.81. The molecule has 0 bridgehead atoms. The van der Waals surface area contributed by atoms with Crippen LogP contribution in [0, 0.1) is 0 Å². The van der Waals surface area contributed by atoms with E-state index in [1.165, 1.54) is 11.8 Å². The van der Waals surface area contributed by atoms with Gasteiger partial charge in [-0.2, -0.15) is 0 Å². The predicted octanol–water partition coefficient (Wildman–Crippen LogP) is 3.97. The zero-order chi connectivity index (χ0) is 23.0. The molecule has 170 valence electrons. The second-order valence-electron chi connectivity index (χ2n) is 7.23. The Hall–Kier alpha value is -3.56. The van der Waals surface area contributed by atoms with Crippen LogP contribution in [0.5, 0.6) is 5.75 Å². The summed E-state index contributed by atoms with van der Waals surface area (Å²) in [5.74, 6) is 3.04. The third-order valence-electron chi connectivity index (χ3n) is 4.70. The molecule has 0 amide bonds. The van der Waals surface area contributed by atoms with Crippen molar-refractivity contribution in [3.63, 3.8) is 0 Å². The molecule has 0 spiro atoms. The van der Waals surface area contributed by atoms with Crippen LogP contribution in [-0.4, -0.2) is 36.2 Å². The number of rotatable bonds is 10. The van der Waals surface area contributed by atoms with E-state index >= 15 is 0 Å². The van der Waals surface area contributed by atoms with E-state index in [4.69, 9.17) is 14.0 Å². The van der Waals surface area contributed by atoms with E-state index in [1.807, 2.05) is 60.7 Å². The maximum atomic E-state index is 11.2. The SMILES string of the molecule is COc1ccc(-c2ccc(C3=NC(SCC(C)=O)NN3)o2)cc1C=NOCc1ccccc1. The number of methoxy groups -OCH3 is 1. The number of hydrazine groups is 1. The van der Waals surface area contributed by atoms with Crippen LogP contribution in [0.3, 0.4) is 0 Å². The number of hydrogen-bond acceptors (Lipinski definition) is 9. The lowest BCUT2D eigenvalue weighted by Gasteiger charge is -2.06. The highest BCUT2D eigenvalue weighted by Gasteiger charge is 2.21. The second-order valence-corrected chi connectivity index (χ2v) is 8.30. The number of carbonyl (C=O) groups is 1. The number of hydrogen-bond donors (Lipinski definition) is 2. The number of furan rings is 1. The number of ether oxygens (including phenoxy) is 1. The van der Waals surface area contributed by atoms with Gasteiger partial charge in [-0.1, -0.05) is 35.5 Å². The Balaban J connectivity index is 1.45. The minimum atomic E-state index is -0.239. The van der Waals surface area contributed by atoms with E-state index in [2.05, 4.69) is 21.0 Å². The highest BCUT2D eigenvalue weighted by molar-refractivity contribution is 8.00. The molecular weight excluding hydrogens is 440 g/mol. The van der Waals surface area contributed by atoms with Crippen LogP contribution in [0.4, 0.5) is 0 Å². The van der Waals surface area contributed by atoms with E-state index < -0.39 is 0 Å². The monoisotopic (exact) mass is 464 g/mol. The van der Waals surface area contributed by atoms with Gasteiger partial charge in [0.05, 0.1) is 19.1 Å². The Morgan fingerprint density at radius 1 is 1.18 bits per heavy atom. The maximum Gasteiger partial charge on any atom is 0.181 e. The first kappa shape index (κ1) is 22.6. The first-order valence-electron chi connectivity index (χ1n) is 10.3. The van der Waals surface area contributed by atoms with Crippen LogP contribution < -0.4 is 15.6 Å². The van der Waals surface area contributed by atoms with Gasteiger partial charge in [0, 0.05) is 11.1 Å². The van der Waals surface area contributed by atoms with Gasteiger partial charge in [-0.05, 0) is 42.8 Å². The van der Waals surface area contributed by atoms with Gasteiger partial charge in [0.25, 0.3) is 0 Å². The summed E-state index contributed by atoms with van der Waals surface area (Å²) in [6, 6.07) is 19.3. The number of thioether (sulfide) groups is 1. The smallest absolute Gasteiger partial charge is 0.181 e. The molecule has 4 rings (SSSR count). The summed E-state index contributed by atoms with van der Waals surface area (Å²) in [6.07, 6.45) is 1.62. The number of nitrogens with zero attached hydrogens (tertiary/aromatic N) is 2. The van der Waals surface area contributed by atoms with Crippen molar-refractivity contribution in [3.8, 4) is 17.1 Å². The summed E-state index contributed by atoms with van der Waals surface area (Å²) < 4.78 is 11.5. The Kier molecular flexibility index (Phi) is 7.43. The first-order valence-corrected chi connectivity index (χ1v) is 11.4. The molecule has 2 N–H and O–H groups in total. The van der Waals surface area contributed by atoms with Gasteiger partial charge in [0.2, 0.25) is 0 Å². The number of nitrogens with one attached hydrogen (secondary N) is 2. The lowest BCUT2D eigenvalue weighted by atomic mass is 10.1. The van der Waals surface area contributed by atoms with Crippen LogP contribution in [0.1, 0.15) is 23.8 Å². The van der Waals surface area contributed by atoms with Crippen molar-refractivity contribution in [3.05, 3.63) is 77.6 Å². The fourth-order valence-electron chi connectivity index (χ4n) is 3.10. The largest absolute Gasteiger partial charge is 0.496 e. The van der Waals surface area contributed by atoms with E-state index in [-0.39, 0.29) is 11.3 Å². The van der Waals surface area contributed by atoms with Crippen molar-refractivity contribution < 1.29 is 18.8 Å². The molecule has 0 saturated heterocycles. The standard InChI is InChI=1S/C24H24N4O4S/c1-16(29)15-33-24-26-23(27-28-24)22-11-10-21(32-22)18-8-9-20(30-2)19(12-18)13-25-31-14-17-6-4-3-5-7-17/h3-13,24,28H,14-15H2,1-2H3,(H,26,27). The van der Waals surface area contributed by atoms with Crippen LogP contribution in [0.2, 0.25) is 0 Å². The van der Waals surface area contributed by atoms with Gasteiger partial charge >= 0.3 is 0 Å². The van der Waals surface area contributed by atoms with Crippen LogP contribution in [0.15, 0.2) is 75.2 Å². The summed E-state index contributed by atoms with van der Waals surface area (Å²) >= 11 is 1.42. The minimum absolute atomic E-state index is 0.107. The van der Waals surface area contributed by atoms with Crippen molar-refractivity contribution >= 4 is 29.6 Å². The number of amidine groups is 1. The summed E-state index contributed by atoms with van der Waals surface area (Å²) in [6.45, 7) is 1.94. The number of Topliss-reactive ketones (excluding diaryl/α,β-unsaturated/α-hetero) is 1. The van der Waals surface area contributed by atoms with Crippen molar-refractivity contribution in [1.82, 2.24) is 10.9 Å². The summed E-state index contributed by atoms with van der Waals surface area (Å²) in [5.41, 5.74) is 8.46. The zero-order valence-electron chi connectivity index (χ0n) is 18.3. The number of carbonyl (C=O) groups excluding carboxylic acids is 1. The lowest BCUT2D eigenvalue weighted by molar-refractivity contribution is -0.114. The van der Waals surface area contributed by atoms with Gasteiger partial charge in [0.15, 0.2) is 17.1 Å². The van der Waals surface area contributed by atoms with Crippen LogP contribution in [-0.2, 0) is 16.2 Å². The van der Waals surface area contributed by atoms with E-state index in [0.717, 1.165) is 16.7 Å². The Morgan fingerprint density at radius 3 is 2.79 bits per heavy atom. The normalized spacial score (nSPS) is 15.3. The summed E-state index contributed by atoms with van der Waals surface area (Å²) in [5, 5.41) is 4.09. The van der Waals surface area contributed by atoms with Gasteiger partial charge in [-0.25, -0.2) is 10.4 Å². The second kappa shape index (κ2) is 10.8. The topological polar surface area (TPSA) is 97.5 Å². The average molecular weight is 465 g/mol. The molecule has 0 radical (unpaired) electrons. The maximum absolute atomic E-state index is 11.2. The van der Waals surface area contributed by atoms with Crippen molar-refractivity contribution in [1.29, 1.82) is 0 Å². The number of ketones is 1. The highest BCUT2D eigenvalue weighted by atomic mass is 32.2. The number of aliphatic imine (C=N–C) groups is 1. The Labute approximate surface area is 196 Å². The zero-order valence-corrected chi connectivity index (χ0v) is 19.1. The van der Waals surface area contributed by atoms with Crippen LogP contribution in [0.25, 0.3) is 11.3 Å². The van der Waals surface area contributed by atoms with Gasteiger partial charge in [-0.3, -0.25) is 4.79 Å². The van der Waals surface area contributed by atoms with Gasteiger partial charge in [0.1, 0.15) is 23.9 Å². The molecule has 2 aromatic carbocycles. The molecule has 1 unspecified atom stereocenters. The Bertz CT molecular complexity index is 1160. The molecule has 3 aromatic rings. The number of benzene rings is 2. The first-order chi connectivity index (χ1) is 16.1. The van der Waals surface area contributed by atoms with E-state index in [1.54, 1.807) is 20.2 Å². The lowest BCUT2D eigenvalue weighted by Crippen LogP contribution is -2.34. The quantitative estimate of drug-likeness (QED) is 0.346. The Morgan fingerprint density at radius 2 is 2.00 bits per heavy atom. The van der Waals surface area contributed by atoms with Gasteiger partial charge in [-0.15, -0.1) is 11.8 Å². The molecule has 0 fully saturated rings. The van der Waals surface area contributed by atoms with Crippen molar-refractivity contribution in [2.24, 2.45) is 10.1 Å². The highest BCUT2D eigenvalue weighted by Crippen LogP contribution is 2.28. The molecule has 9 heteroatoms. The minimum Gasteiger partial charge on any atom is -0.496 e. The summed E-state index contributed by atoms with van der Waals surface area (Å²) in [7, 11) is 1.61. The molecular formula is C24H24N4O4S. The van der Waals surface area contributed by atoms with E-state index in [9.17, 15) is 4.79 Å². The summed E-state index contributed by atoms with van der Waals surface area (Å²) in [4.78, 5) is 21.1. The molecule has 0 saturated carbocycles. The predicted molar refractivity (Wildman–Crippen MR) is 129 cm³/mol. The fraction of sp³-hybridized carbons (Fsp3) is 0.208. The van der Waals surface area contributed by atoms with Crippen molar-refractivity contribution in [2.45, 2.75) is 19.0 Å². The molecule has 8 nitrogen and oxygen atoms in total. The fourth-order valence-corrected chi connectivity index (χ4v) is 3.82.